The van der Waals surface area contributed by atoms with Gasteiger partial charge in [0.05, 0.1) is 23.6 Å². The zero-order valence-corrected chi connectivity index (χ0v) is 13.4. The van der Waals surface area contributed by atoms with Gasteiger partial charge in [0.1, 0.15) is 0 Å². The molecule has 0 spiro atoms. The fourth-order valence-corrected chi connectivity index (χ4v) is 5.57. The van der Waals surface area contributed by atoms with Crippen LogP contribution in [0, 0.1) is 0 Å². The van der Waals surface area contributed by atoms with Crippen molar-refractivity contribution in [2.45, 2.75) is 19.0 Å². The van der Waals surface area contributed by atoms with Crippen LogP contribution in [0.25, 0.3) is 0 Å². The van der Waals surface area contributed by atoms with Crippen LogP contribution < -0.4 is 4.90 Å². The van der Waals surface area contributed by atoms with Gasteiger partial charge in [-0.25, -0.2) is 8.42 Å². The van der Waals surface area contributed by atoms with Crippen molar-refractivity contribution >= 4 is 44.1 Å². The van der Waals surface area contributed by atoms with E-state index in [9.17, 15) is 8.42 Å². The molecule has 1 aromatic carbocycles. The van der Waals surface area contributed by atoms with E-state index in [1.54, 1.807) is 11.8 Å². The molecule has 2 heterocycles. The highest BCUT2D eigenvalue weighted by Crippen LogP contribution is 2.35. The minimum Gasteiger partial charge on any atom is -0.315 e. The van der Waals surface area contributed by atoms with E-state index in [2.05, 4.69) is 11.9 Å². The summed E-state index contributed by atoms with van der Waals surface area (Å²) >= 11 is 7.70. The predicted molar refractivity (Wildman–Crippen MR) is 85.7 cm³/mol. The van der Waals surface area contributed by atoms with Crippen LogP contribution in [-0.2, 0) is 9.84 Å². The van der Waals surface area contributed by atoms with Crippen molar-refractivity contribution in [3.63, 3.8) is 0 Å². The summed E-state index contributed by atoms with van der Waals surface area (Å²) in [6.07, 6.45) is 0. The van der Waals surface area contributed by atoms with Gasteiger partial charge in [-0.05, 0) is 24.0 Å². The first kappa shape index (κ1) is 14.2. The number of hydrogen-bond acceptors (Lipinski definition) is 5. The van der Waals surface area contributed by atoms with Gasteiger partial charge in [0.25, 0.3) is 0 Å². The Morgan fingerprint density at radius 2 is 2.25 bits per heavy atom. The Labute approximate surface area is 128 Å². The molecule has 7 heteroatoms. The van der Waals surface area contributed by atoms with Crippen LogP contribution in [0.1, 0.15) is 6.92 Å². The number of halogens is 1. The predicted octanol–water partition coefficient (Wildman–Crippen LogP) is 2.43. The summed E-state index contributed by atoms with van der Waals surface area (Å²) in [6.45, 7) is 2.06. The van der Waals surface area contributed by atoms with Gasteiger partial charge in [-0.2, -0.15) is 0 Å². The summed E-state index contributed by atoms with van der Waals surface area (Å²) in [5.41, 5.74) is 0.918. The second-order valence-electron chi connectivity index (χ2n) is 4.91. The SMILES string of the molecule is CCSC1=NC2CS(=O)(=O)CC2N1c1cccc(Cl)c1. The Balaban J connectivity index is 2.00. The molecule has 4 nitrogen and oxygen atoms in total. The number of amidine groups is 1. The van der Waals surface area contributed by atoms with E-state index >= 15 is 0 Å². The van der Waals surface area contributed by atoms with Gasteiger partial charge in [-0.15, -0.1) is 0 Å². The Hall–Kier alpha value is -0.720. The van der Waals surface area contributed by atoms with Crippen molar-refractivity contribution in [1.82, 2.24) is 0 Å². The maximum atomic E-state index is 11.8. The molecule has 1 saturated heterocycles. The van der Waals surface area contributed by atoms with Crippen LogP contribution in [0.5, 0.6) is 0 Å². The van der Waals surface area contributed by atoms with Crippen molar-refractivity contribution in [3.8, 4) is 0 Å². The van der Waals surface area contributed by atoms with Gasteiger partial charge in [0.15, 0.2) is 15.0 Å². The van der Waals surface area contributed by atoms with Crippen LogP contribution in [-0.4, -0.2) is 42.9 Å². The molecule has 0 radical (unpaired) electrons. The van der Waals surface area contributed by atoms with E-state index in [1.807, 2.05) is 29.2 Å². The molecule has 108 valence electrons. The maximum absolute atomic E-state index is 11.8. The number of aliphatic imine (C=N–C) groups is 1. The number of anilines is 1. The third-order valence-corrected chi connectivity index (χ3v) is 6.25. The molecular formula is C13H15ClN2O2S2. The zero-order valence-electron chi connectivity index (χ0n) is 11.0. The first-order chi connectivity index (χ1) is 9.50. The third-order valence-electron chi connectivity index (χ3n) is 3.47. The van der Waals surface area contributed by atoms with E-state index in [0.29, 0.717) is 5.02 Å². The van der Waals surface area contributed by atoms with E-state index in [-0.39, 0.29) is 23.6 Å². The first-order valence-corrected chi connectivity index (χ1v) is 9.64. The minimum absolute atomic E-state index is 0.0903. The number of benzene rings is 1. The highest BCUT2D eigenvalue weighted by Gasteiger charge is 2.46. The smallest absolute Gasteiger partial charge is 0.164 e. The van der Waals surface area contributed by atoms with Gasteiger partial charge in [0.2, 0.25) is 0 Å². The fraction of sp³-hybridized carbons (Fsp3) is 0.462. The van der Waals surface area contributed by atoms with Crippen LogP contribution in [0.2, 0.25) is 5.02 Å². The average molecular weight is 331 g/mol. The second-order valence-corrected chi connectivity index (χ2v) is 8.73. The molecule has 0 N–H and O–H groups in total. The lowest BCUT2D eigenvalue weighted by Gasteiger charge is -2.26. The molecule has 1 aromatic rings. The van der Waals surface area contributed by atoms with Gasteiger partial charge >= 0.3 is 0 Å². The van der Waals surface area contributed by atoms with Crippen LogP contribution in [0.4, 0.5) is 5.69 Å². The minimum atomic E-state index is -2.99. The van der Waals surface area contributed by atoms with E-state index in [0.717, 1.165) is 16.6 Å². The van der Waals surface area contributed by atoms with Crippen LogP contribution >= 0.6 is 23.4 Å². The summed E-state index contributed by atoms with van der Waals surface area (Å²) < 4.78 is 23.6. The van der Waals surface area contributed by atoms with E-state index in [1.165, 1.54) is 0 Å². The molecule has 0 aromatic heterocycles. The maximum Gasteiger partial charge on any atom is 0.164 e. The standard InChI is InChI=1S/C13H15ClN2O2S2/c1-2-19-13-15-11-7-20(17,18)8-12(11)16(13)10-5-3-4-9(14)6-10/h3-6,11-12H,2,7-8H2,1H3. The monoisotopic (exact) mass is 330 g/mol. The molecule has 0 saturated carbocycles. The van der Waals surface area contributed by atoms with Gasteiger partial charge in [-0.1, -0.05) is 36.4 Å². The summed E-state index contributed by atoms with van der Waals surface area (Å²) in [5.74, 6) is 1.23. The van der Waals surface area contributed by atoms with Gasteiger partial charge in [-0.3, -0.25) is 4.99 Å². The fourth-order valence-electron chi connectivity index (χ4n) is 2.69. The Kier molecular flexibility index (Phi) is 3.73. The number of fused-ring (bicyclic) bond motifs is 1. The van der Waals surface area contributed by atoms with Crippen molar-refractivity contribution in [3.05, 3.63) is 29.3 Å². The number of sulfone groups is 1. The van der Waals surface area contributed by atoms with Crippen molar-refractivity contribution in [2.75, 3.05) is 22.2 Å². The van der Waals surface area contributed by atoms with E-state index in [4.69, 9.17) is 11.6 Å². The molecule has 2 unspecified atom stereocenters. The van der Waals surface area contributed by atoms with Crippen LogP contribution in [0.3, 0.4) is 0 Å². The number of nitrogens with zero attached hydrogens (tertiary/aromatic N) is 2. The largest absolute Gasteiger partial charge is 0.315 e. The number of hydrogen-bond donors (Lipinski definition) is 0. The van der Waals surface area contributed by atoms with Gasteiger partial charge in [0, 0.05) is 10.7 Å². The normalized spacial score (nSPS) is 27.5. The number of thioether (sulfide) groups is 1. The van der Waals surface area contributed by atoms with Crippen molar-refractivity contribution in [2.24, 2.45) is 4.99 Å². The van der Waals surface area contributed by atoms with Crippen molar-refractivity contribution in [1.29, 1.82) is 0 Å². The van der Waals surface area contributed by atoms with Gasteiger partial charge < -0.3 is 4.90 Å². The molecule has 2 aliphatic rings. The molecule has 2 aliphatic heterocycles. The molecule has 0 bridgehead atoms. The first-order valence-electron chi connectivity index (χ1n) is 6.46. The lowest BCUT2D eigenvalue weighted by molar-refractivity contribution is 0.601. The Morgan fingerprint density at radius 3 is 2.95 bits per heavy atom. The topological polar surface area (TPSA) is 49.7 Å². The van der Waals surface area contributed by atoms with Crippen LogP contribution in [0.15, 0.2) is 29.3 Å². The zero-order chi connectivity index (χ0) is 14.3. The lowest BCUT2D eigenvalue weighted by atomic mass is 10.1. The van der Waals surface area contributed by atoms with Crippen molar-refractivity contribution < 1.29 is 8.42 Å². The summed E-state index contributed by atoms with van der Waals surface area (Å²) in [6, 6.07) is 7.27. The quantitative estimate of drug-likeness (QED) is 0.835. The molecular weight excluding hydrogens is 316 g/mol. The molecule has 20 heavy (non-hydrogen) atoms. The summed E-state index contributed by atoms with van der Waals surface area (Å²) in [4.78, 5) is 6.64. The molecule has 2 atom stereocenters. The molecule has 1 fully saturated rings. The molecule has 0 amide bonds. The molecule has 3 rings (SSSR count). The summed E-state index contributed by atoms with van der Waals surface area (Å²) in [7, 11) is -2.99. The second kappa shape index (κ2) is 5.24. The summed E-state index contributed by atoms with van der Waals surface area (Å²) in [5, 5.41) is 1.55. The average Bonchev–Trinajstić information content (AvgIpc) is 2.80. The Bertz CT molecular complexity index is 660. The highest BCUT2D eigenvalue weighted by molar-refractivity contribution is 8.14. The van der Waals surface area contributed by atoms with E-state index < -0.39 is 9.84 Å². The lowest BCUT2D eigenvalue weighted by Crippen LogP contribution is -2.39. The molecule has 0 aliphatic carbocycles. The number of rotatable bonds is 2. The third kappa shape index (κ3) is 2.56. The highest BCUT2D eigenvalue weighted by atomic mass is 35.5. The Morgan fingerprint density at radius 1 is 1.45 bits per heavy atom.